The molecule has 2 amide bonds. The summed E-state index contributed by atoms with van der Waals surface area (Å²) in [6.07, 6.45) is 3.27. The number of carbonyl (C=O) groups is 2. The van der Waals surface area contributed by atoms with Gasteiger partial charge in [-0.2, -0.15) is 0 Å². The van der Waals surface area contributed by atoms with E-state index in [4.69, 9.17) is 4.52 Å². The van der Waals surface area contributed by atoms with Gasteiger partial charge in [-0.3, -0.25) is 14.4 Å². The van der Waals surface area contributed by atoms with Crippen molar-refractivity contribution in [3.8, 4) is 0 Å². The Morgan fingerprint density at radius 2 is 2.04 bits per heavy atom. The lowest BCUT2D eigenvalue weighted by Gasteiger charge is -2.35. The number of amides is 2. The number of piperidine rings is 1. The topological polar surface area (TPSA) is 88.7 Å². The molecule has 0 radical (unpaired) electrons. The zero-order valence-corrected chi connectivity index (χ0v) is 16.1. The van der Waals surface area contributed by atoms with E-state index in [1.165, 1.54) is 10.6 Å². The summed E-state index contributed by atoms with van der Waals surface area (Å²) in [7, 11) is 0. The number of nitrogens with zero attached hydrogens (tertiary/aromatic N) is 4. The van der Waals surface area contributed by atoms with Crippen LogP contribution >= 0.6 is 0 Å². The summed E-state index contributed by atoms with van der Waals surface area (Å²) in [5.74, 6) is 0.484. The fourth-order valence-corrected chi connectivity index (χ4v) is 4.19. The van der Waals surface area contributed by atoms with Crippen LogP contribution < -0.4 is 5.56 Å². The number of pyridine rings is 1. The normalized spacial score (nSPS) is 21.9. The maximum absolute atomic E-state index is 13.0. The Hall–Kier alpha value is -2.90. The van der Waals surface area contributed by atoms with Crippen LogP contribution in [0.4, 0.5) is 0 Å². The lowest BCUT2D eigenvalue weighted by molar-refractivity contribution is -0.140. The highest BCUT2D eigenvalue weighted by Crippen LogP contribution is 2.31. The van der Waals surface area contributed by atoms with Crippen LogP contribution in [0.2, 0.25) is 0 Å². The lowest BCUT2D eigenvalue weighted by Crippen LogP contribution is -2.47. The molecule has 3 fully saturated rings. The van der Waals surface area contributed by atoms with E-state index >= 15 is 0 Å². The van der Waals surface area contributed by atoms with Gasteiger partial charge >= 0.3 is 0 Å². The first kappa shape index (κ1) is 18.5. The second-order valence-electron chi connectivity index (χ2n) is 7.66. The van der Waals surface area contributed by atoms with Crippen molar-refractivity contribution < 1.29 is 14.1 Å². The Bertz CT molecular complexity index is 944. The fourth-order valence-electron chi connectivity index (χ4n) is 4.19. The van der Waals surface area contributed by atoms with Crippen LogP contribution in [0.15, 0.2) is 33.7 Å². The first-order valence-electron chi connectivity index (χ1n) is 9.59. The molecule has 3 saturated heterocycles. The molecule has 2 bridgehead atoms. The van der Waals surface area contributed by atoms with Crippen molar-refractivity contribution in [1.29, 1.82) is 0 Å². The van der Waals surface area contributed by atoms with Crippen molar-refractivity contribution in [1.82, 2.24) is 19.5 Å². The van der Waals surface area contributed by atoms with Gasteiger partial charge in [0.05, 0.1) is 18.2 Å². The number of rotatable bonds is 4. The molecule has 0 unspecified atom stereocenters. The monoisotopic (exact) mass is 384 g/mol. The predicted octanol–water partition coefficient (Wildman–Crippen LogP) is 1.10. The van der Waals surface area contributed by atoms with E-state index in [-0.39, 0.29) is 35.9 Å². The summed E-state index contributed by atoms with van der Waals surface area (Å²) in [6.45, 7) is 5.08. The molecule has 5 heterocycles. The van der Waals surface area contributed by atoms with E-state index in [9.17, 15) is 14.4 Å². The van der Waals surface area contributed by atoms with Crippen LogP contribution in [0.25, 0.3) is 0 Å². The molecule has 148 valence electrons. The van der Waals surface area contributed by atoms with Crippen LogP contribution in [0.1, 0.15) is 29.9 Å². The maximum Gasteiger partial charge on any atom is 0.250 e. The van der Waals surface area contributed by atoms with Crippen LogP contribution in [0.3, 0.4) is 0 Å². The number of fused-ring (bicyclic) bond motifs is 4. The van der Waals surface area contributed by atoms with E-state index in [1.54, 1.807) is 23.2 Å². The van der Waals surface area contributed by atoms with Gasteiger partial charge in [0, 0.05) is 37.0 Å². The van der Waals surface area contributed by atoms with Gasteiger partial charge in [-0.1, -0.05) is 11.2 Å². The molecule has 2 atom stereocenters. The third kappa shape index (κ3) is 3.34. The van der Waals surface area contributed by atoms with E-state index in [0.29, 0.717) is 19.6 Å². The average molecular weight is 384 g/mol. The number of hydrogen-bond acceptors (Lipinski definition) is 5. The van der Waals surface area contributed by atoms with Gasteiger partial charge in [-0.25, -0.2) is 0 Å². The second kappa shape index (κ2) is 7.26. The van der Waals surface area contributed by atoms with Crippen molar-refractivity contribution >= 4 is 11.8 Å². The minimum Gasteiger partial charge on any atom is -0.361 e. The molecule has 0 N–H and O–H groups in total. The average Bonchev–Trinajstić information content (AvgIpc) is 2.85. The highest BCUT2D eigenvalue weighted by Gasteiger charge is 2.42. The summed E-state index contributed by atoms with van der Waals surface area (Å²) >= 11 is 0. The number of hydrogen-bond donors (Lipinski definition) is 0. The minimum absolute atomic E-state index is 0.00281. The number of aryl methyl sites for hydroxylation is 2. The largest absolute Gasteiger partial charge is 0.361 e. The van der Waals surface area contributed by atoms with Crippen molar-refractivity contribution in [2.75, 3.05) is 13.1 Å². The Morgan fingerprint density at radius 1 is 1.21 bits per heavy atom. The molecule has 0 spiro atoms. The standard InChI is InChI=1S/C20H24N4O4/c1-13-17(14(2)28-21-13)11-24-16-7-6-15(20(24)27)9-23(10-16)19(26)12-22-8-4-3-5-18(22)25/h3-5,8,15-16H,6-7,9-12H2,1-2H3/t15-,16+/m1/s1. The zero-order chi connectivity index (χ0) is 19.8. The van der Waals surface area contributed by atoms with Gasteiger partial charge in [0.1, 0.15) is 12.3 Å². The molecule has 3 aliphatic rings. The van der Waals surface area contributed by atoms with Gasteiger partial charge in [0.25, 0.3) is 5.56 Å². The summed E-state index contributed by atoms with van der Waals surface area (Å²) < 4.78 is 6.64. The summed E-state index contributed by atoms with van der Waals surface area (Å²) in [5.41, 5.74) is 1.53. The molecule has 0 aromatic carbocycles. The lowest BCUT2D eigenvalue weighted by atomic mass is 9.93. The third-order valence-electron chi connectivity index (χ3n) is 5.86. The molecule has 5 rings (SSSR count). The highest BCUT2D eigenvalue weighted by molar-refractivity contribution is 5.83. The van der Waals surface area contributed by atoms with Crippen molar-refractivity contribution in [3.05, 3.63) is 51.8 Å². The van der Waals surface area contributed by atoms with E-state index < -0.39 is 0 Å². The van der Waals surface area contributed by atoms with Gasteiger partial charge in [-0.05, 0) is 32.8 Å². The fraction of sp³-hybridized carbons (Fsp3) is 0.500. The van der Waals surface area contributed by atoms with Crippen LogP contribution in [0.5, 0.6) is 0 Å². The molecule has 2 aromatic heterocycles. The van der Waals surface area contributed by atoms with Crippen molar-refractivity contribution in [3.63, 3.8) is 0 Å². The molecule has 28 heavy (non-hydrogen) atoms. The quantitative estimate of drug-likeness (QED) is 0.788. The zero-order valence-electron chi connectivity index (χ0n) is 16.1. The molecule has 2 aromatic rings. The number of carbonyl (C=O) groups excluding carboxylic acids is 2. The molecule has 8 heteroatoms. The maximum atomic E-state index is 13.0. The Kier molecular flexibility index (Phi) is 4.78. The van der Waals surface area contributed by atoms with Gasteiger partial charge < -0.3 is 18.9 Å². The van der Waals surface area contributed by atoms with Gasteiger partial charge in [0.2, 0.25) is 11.8 Å². The van der Waals surface area contributed by atoms with E-state index in [2.05, 4.69) is 5.16 Å². The Balaban J connectivity index is 1.52. The summed E-state index contributed by atoms with van der Waals surface area (Å²) in [4.78, 5) is 41.4. The van der Waals surface area contributed by atoms with Gasteiger partial charge in [-0.15, -0.1) is 0 Å². The van der Waals surface area contributed by atoms with Crippen LogP contribution in [0, 0.1) is 19.8 Å². The van der Waals surface area contributed by atoms with Crippen molar-refractivity contribution in [2.24, 2.45) is 5.92 Å². The first-order valence-corrected chi connectivity index (χ1v) is 9.59. The SMILES string of the molecule is Cc1noc(C)c1CN1C(=O)[C@@H]2CC[C@H]1CN(C(=O)Cn1ccccc1=O)C2. The smallest absolute Gasteiger partial charge is 0.250 e. The van der Waals surface area contributed by atoms with Crippen molar-refractivity contribution in [2.45, 2.75) is 45.8 Å². The molecule has 0 aliphatic carbocycles. The molecule has 0 saturated carbocycles. The molecular weight excluding hydrogens is 360 g/mol. The minimum atomic E-state index is -0.204. The Labute approximate surface area is 162 Å². The van der Waals surface area contributed by atoms with Crippen LogP contribution in [-0.2, 0) is 22.7 Å². The highest BCUT2D eigenvalue weighted by atomic mass is 16.5. The molecular formula is C20H24N4O4. The van der Waals surface area contributed by atoms with Crippen LogP contribution in [-0.4, -0.2) is 50.5 Å². The van der Waals surface area contributed by atoms with Gasteiger partial charge in [0.15, 0.2) is 0 Å². The Morgan fingerprint density at radius 3 is 2.75 bits per heavy atom. The summed E-state index contributed by atoms with van der Waals surface area (Å²) in [5, 5.41) is 3.98. The molecule has 3 aliphatic heterocycles. The van der Waals surface area contributed by atoms with E-state index in [0.717, 1.165) is 29.9 Å². The predicted molar refractivity (Wildman–Crippen MR) is 100 cm³/mol. The first-order chi connectivity index (χ1) is 13.4. The second-order valence-corrected chi connectivity index (χ2v) is 7.66. The molecule has 8 nitrogen and oxygen atoms in total. The van der Waals surface area contributed by atoms with E-state index in [1.807, 2.05) is 18.7 Å². The summed E-state index contributed by atoms with van der Waals surface area (Å²) in [6, 6.07) is 4.79. The third-order valence-corrected chi connectivity index (χ3v) is 5.86. The number of aromatic nitrogens is 2.